The van der Waals surface area contributed by atoms with Gasteiger partial charge in [0.05, 0.1) is 12.0 Å². The predicted octanol–water partition coefficient (Wildman–Crippen LogP) is -4.71. The van der Waals surface area contributed by atoms with Crippen molar-refractivity contribution in [3.05, 3.63) is 23.8 Å². The monoisotopic (exact) mass is 373 g/mol. The van der Waals surface area contributed by atoms with Crippen molar-refractivity contribution >= 4 is 23.8 Å². The number of hydrogen-bond donors (Lipinski definition) is 3. The zero-order valence-corrected chi connectivity index (χ0v) is 16.3. The molecule has 1 aromatic rings. The van der Waals surface area contributed by atoms with Gasteiger partial charge in [-0.1, -0.05) is 6.07 Å². The first-order chi connectivity index (χ1) is 11.8. The van der Waals surface area contributed by atoms with Crippen molar-refractivity contribution in [3.8, 4) is 11.5 Å². The fourth-order valence-electron chi connectivity index (χ4n) is 2.37. The van der Waals surface area contributed by atoms with Crippen LogP contribution in [0.4, 0.5) is 4.79 Å². The predicted molar refractivity (Wildman–Crippen MR) is 80.0 cm³/mol. The molecular weight excluding hydrogens is 357 g/mol. The number of phenolic OH excluding ortho intramolecular Hbond substituents is 2. The van der Waals surface area contributed by atoms with E-state index < -0.39 is 41.4 Å². The second-order valence-electron chi connectivity index (χ2n) is 5.29. The number of rotatable bonds is 4. The molecule has 1 atom stereocenters. The van der Waals surface area contributed by atoms with Crippen LogP contribution in [0.3, 0.4) is 0 Å². The van der Waals surface area contributed by atoms with Gasteiger partial charge in [0.15, 0.2) is 11.5 Å². The maximum Gasteiger partial charge on any atom is 1.00 e. The fourth-order valence-corrected chi connectivity index (χ4v) is 2.37. The minimum Gasteiger partial charge on any atom is -0.548 e. The van der Waals surface area contributed by atoms with Gasteiger partial charge in [-0.15, -0.1) is 0 Å². The third-order valence-electron chi connectivity index (χ3n) is 3.77. The fraction of sp³-hybridized carbons (Fsp3) is 0.333. The summed E-state index contributed by atoms with van der Waals surface area (Å²) >= 11 is 0. The molecule has 4 amide bonds. The third kappa shape index (κ3) is 4.45. The minimum absolute atomic E-state index is 0. The number of nitrogens with zero attached hydrogens (tertiary/aromatic N) is 2. The molecule has 0 bridgehead atoms. The maximum atomic E-state index is 12.2. The van der Waals surface area contributed by atoms with Crippen LogP contribution in [-0.4, -0.2) is 63.5 Å². The molecule has 1 aliphatic rings. The molecule has 134 valence electrons. The normalized spacial score (nSPS) is 15.3. The third-order valence-corrected chi connectivity index (χ3v) is 3.77. The topological polar surface area (TPSA) is 150 Å². The van der Waals surface area contributed by atoms with Crippen LogP contribution in [0, 0.1) is 0 Å². The molecule has 1 heterocycles. The number of benzene rings is 1. The molecule has 0 saturated carbocycles. The van der Waals surface area contributed by atoms with Gasteiger partial charge < -0.3 is 30.3 Å². The van der Waals surface area contributed by atoms with E-state index in [0.29, 0.717) is 11.4 Å². The Morgan fingerprint density at radius 1 is 1.19 bits per heavy atom. The van der Waals surface area contributed by atoms with E-state index in [1.165, 1.54) is 4.90 Å². The average molecular weight is 373 g/mol. The van der Waals surface area contributed by atoms with Crippen LogP contribution in [0.1, 0.15) is 18.5 Å². The van der Waals surface area contributed by atoms with Gasteiger partial charge in [0, 0.05) is 19.6 Å². The standard InChI is InChI=1S/C15H17N3O7.Na/c1-2-17-5-6-18(13(22)12(17)21)15(25)16-11(14(23)24)8-3-4-9(19)10(20)7-8;/h3-4,7,11,19-20H,2,5-6H2,1H3,(H,16,25)(H,23,24);/q;+1/p-1/t11-;/m1./s1. The summed E-state index contributed by atoms with van der Waals surface area (Å²) in [6.07, 6.45) is 0. The van der Waals surface area contributed by atoms with Gasteiger partial charge in [0.2, 0.25) is 0 Å². The quantitative estimate of drug-likeness (QED) is 0.273. The number of aromatic hydroxyl groups is 2. The Kier molecular flexibility index (Phi) is 7.42. The first kappa shape index (κ1) is 21.7. The van der Waals surface area contributed by atoms with Crippen LogP contribution in [0.15, 0.2) is 18.2 Å². The van der Waals surface area contributed by atoms with Gasteiger partial charge in [0.1, 0.15) is 0 Å². The molecule has 0 aromatic heterocycles. The minimum atomic E-state index is -1.69. The number of aliphatic carboxylic acids is 1. The summed E-state index contributed by atoms with van der Waals surface area (Å²) in [7, 11) is 0. The zero-order chi connectivity index (χ0) is 18.7. The number of carbonyl (C=O) groups is 4. The molecule has 11 heteroatoms. The smallest absolute Gasteiger partial charge is 0.548 e. The van der Waals surface area contributed by atoms with Crippen LogP contribution in [-0.2, 0) is 14.4 Å². The van der Waals surface area contributed by atoms with Crippen molar-refractivity contribution in [1.29, 1.82) is 0 Å². The van der Waals surface area contributed by atoms with Crippen molar-refractivity contribution < 1.29 is 64.1 Å². The van der Waals surface area contributed by atoms with E-state index in [1.807, 2.05) is 0 Å². The van der Waals surface area contributed by atoms with Crippen molar-refractivity contribution in [1.82, 2.24) is 15.1 Å². The van der Waals surface area contributed by atoms with E-state index >= 15 is 0 Å². The zero-order valence-electron chi connectivity index (χ0n) is 14.3. The second-order valence-corrected chi connectivity index (χ2v) is 5.29. The largest absolute Gasteiger partial charge is 1.00 e. The number of imide groups is 1. The van der Waals surface area contributed by atoms with E-state index in [4.69, 9.17) is 0 Å². The van der Waals surface area contributed by atoms with Crippen molar-refractivity contribution in [2.24, 2.45) is 0 Å². The van der Waals surface area contributed by atoms with Gasteiger partial charge in [-0.25, -0.2) is 4.79 Å². The number of carboxylic acids is 1. The summed E-state index contributed by atoms with van der Waals surface area (Å²) in [5.41, 5.74) is -0.0744. The van der Waals surface area contributed by atoms with Gasteiger partial charge in [-0.05, 0) is 24.6 Å². The molecule has 0 aliphatic carbocycles. The number of phenols is 2. The molecule has 1 saturated heterocycles. The molecule has 1 aromatic carbocycles. The van der Waals surface area contributed by atoms with Crippen molar-refractivity contribution in [2.45, 2.75) is 13.0 Å². The SMILES string of the molecule is CCN1CCN(C(=O)N[C@@H](C(=O)[O-])c2ccc(O)c(O)c2)C(=O)C1=O.[Na+]. The second kappa shape index (κ2) is 8.88. The van der Waals surface area contributed by atoms with Crippen LogP contribution in [0.5, 0.6) is 11.5 Å². The van der Waals surface area contributed by atoms with Crippen LogP contribution < -0.4 is 40.0 Å². The summed E-state index contributed by atoms with van der Waals surface area (Å²) in [6.45, 7) is 2.06. The number of likely N-dealkylation sites (N-methyl/N-ethyl adjacent to an activating group) is 1. The van der Waals surface area contributed by atoms with E-state index in [0.717, 1.165) is 18.2 Å². The number of carbonyl (C=O) groups excluding carboxylic acids is 4. The summed E-state index contributed by atoms with van der Waals surface area (Å²) < 4.78 is 0. The van der Waals surface area contributed by atoms with E-state index in [1.54, 1.807) is 6.92 Å². The molecule has 1 aliphatic heterocycles. The first-order valence-electron chi connectivity index (χ1n) is 7.40. The van der Waals surface area contributed by atoms with Crippen LogP contribution in [0.25, 0.3) is 0 Å². The van der Waals surface area contributed by atoms with E-state index in [9.17, 15) is 34.5 Å². The molecule has 2 rings (SSSR count). The summed E-state index contributed by atoms with van der Waals surface area (Å²) in [4.78, 5) is 49.2. The molecule has 0 radical (unpaired) electrons. The Morgan fingerprint density at radius 3 is 2.38 bits per heavy atom. The van der Waals surface area contributed by atoms with Crippen molar-refractivity contribution in [3.63, 3.8) is 0 Å². The number of amides is 4. The number of urea groups is 1. The number of piperazine rings is 1. The molecule has 1 fully saturated rings. The molecule has 0 spiro atoms. The summed E-state index contributed by atoms with van der Waals surface area (Å²) in [6, 6.07) is 0.388. The Balaban J connectivity index is 0.00000338. The Morgan fingerprint density at radius 2 is 1.85 bits per heavy atom. The van der Waals surface area contributed by atoms with Gasteiger partial charge in [0.25, 0.3) is 0 Å². The van der Waals surface area contributed by atoms with Crippen molar-refractivity contribution in [2.75, 3.05) is 19.6 Å². The molecule has 10 nitrogen and oxygen atoms in total. The number of hydrogen-bond acceptors (Lipinski definition) is 7. The summed E-state index contributed by atoms with van der Waals surface area (Å²) in [5, 5.41) is 32.1. The van der Waals surface area contributed by atoms with Gasteiger partial charge in [-0.3, -0.25) is 14.5 Å². The molecule has 3 N–H and O–H groups in total. The first-order valence-corrected chi connectivity index (χ1v) is 7.40. The van der Waals surface area contributed by atoms with E-state index in [-0.39, 0.29) is 48.2 Å². The van der Waals surface area contributed by atoms with Gasteiger partial charge >= 0.3 is 47.4 Å². The summed E-state index contributed by atoms with van der Waals surface area (Å²) in [5.74, 6) is -4.65. The average Bonchev–Trinajstić information content (AvgIpc) is 2.57. The Bertz CT molecular complexity index is 740. The van der Waals surface area contributed by atoms with Crippen LogP contribution in [0.2, 0.25) is 0 Å². The Labute approximate surface area is 170 Å². The van der Waals surface area contributed by atoms with Crippen LogP contribution >= 0.6 is 0 Å². The molecular formula is C15H16N3NaO7. The van der Waals surface area contributed by atoms with E-state index in [2.05, 4.69) is 5.32 Å². The van der Waals surface area contributed by atoms with Gasteiger partial charge in [-0.2, -0.15) is 0 Å². The number of nitrogens with one attached hydrogen (secondary N) is 1. The maximum absolute atomic E-state index is 12.2. The number of carboxylic acid groups (broad SMARTS) is 1. The Hall–Kier alpha value is -2.30. The molecule has 0 unspecified atom stereocenters. The molecule has 26 heavy (non-hydrogen) atoms.